The van der Waals surface area contributed by atoms with Crippen molar-refractivity contribution in [1.29, 1.82) is 0 Å². The molecule has 0 aliphatic rings. The Hall–Kier alpha value is -1.53. The molecule has 0 aromatic heterocycles. The van der Waals surface area contributed by atoms with E-state index in [4.69, 9.17) is 4.74 Å². The summed E-state index contributed by atoms with van der Waals surface area (Å²) in [4.78, 5) is 0. The molecule has 2 nitrogen and oxygen atoms in total. The Morgan fingerprint density at radius 2 is 1.76 bits per heavy atom. The number of halogens is 4. The number of methoxy groups -OCH3 is 1. The summed E-state index contributed by atoms with van der Waals surface area (Å²) in [6.07, 6.45) is -1.01. The van der Waals surface area contributed by atoms with Crippen LogP contribution in [0.25, 0.3) is 0 Å². The lowest BCUT2D eigenvalue weighted by Crippen LogP contribution is -2.05. The van der Waals surface area contributed by atoms with Crippen molar-refractivity contribution >= 4 is 15.9 Å². The number of hydrogen-bond donors (Lipinski definition) is 1. The summed E-state index contributed by atoms with van der Waals surface area (Å²) in [5, 5.41) is 10.0. The summed E-state index contributed by atoms with van der Waals surface area (Å²) in [6, 6.07) is 6.75. The quantitative estimate of drug-likeness (QED) is 0.830. The lowest BCUT2D eigenvalue weighted by Gasteiger charge is -2.13. The van der Waals surface area contributed by atoms with Gasteiger partial charge in [-0.05, 0) is 51.3 Å². The molecule has 112 valence electrons. The first-order valence-corrected chi connectivity index (χ1v) is 6.86. The molecule has 2 aromatic rings. The van der Waals surface area contributed by atoms with Crippen LogP contribution < -0.4 is 4.74 Å². The third-order valence-corrected chi connectivity index (χ3v) is 3.66. The molecule has 0 aliphatic heterocycles. The fraction of sp³-hybridized carbons (Fsp3) is 0.200. The minimum Gasteiger partial charge on any atom is -0.496 e. The molecule has 0 aliphatic carbocycles. The Labute approximate surface area is 128 Å². The van der Waals surface area contributed by atoms with Crippen LogP contribution in [0.4, 0.5) is 13.2 Å². The zero-order chi connectivity index (χ0) is 15.6. The van der Waals surface area contributed by atoms with Gasteiger partial charge in [0, 0.05) is 6.42 Å². The van der Waals surface area contributed by atoms with Crippen molar-refractivity contribution in [2.24, 2.45) is 0 Å². The second-order valence-electron chi connectivity index (χ2n) is 4.49. The van der Waals surface area contributed by atoms with E-state index in [0.29, 0.717) is 10.2 Å². The van der Waals surface area contributed by atoms with Gasteiger partial charge in [-0.15, -0.1) is 0 Å². The highest BCUT2D eigenvalue weighted by Crippen LogP contribution is 2.28. The fourth-order valence-electron chi connectivity index (χ4n) is 1.95. The smallest absolute Gasteiger partial charge is 0.194 e. The van der Waals surface area contributed by atoms with Crippen molar-refractivity contribution in [3.8, 4) is 5.75 Å². The summed E-state index contributed by atoms with van der Waals surface area (Å²) in [5.41, 5.74) is 0.721. The van der Waals surface area contributed by atoms with E-state index in [0.717, 1.165) is 17.7 Å². The summed E-state index contributed by atoms with van der Waals surface area (Å²) < 4.78 is 45.0. The molecule has 0 bridgehead atoms. The molecule has 0 spiro atoms. The topological polar surface area (TPSA) is 29.5 Å². The SMILES string of the molecule is COc1ccc(CC(O)c2cc(F)c(F)c(F)c2)cc1Br. The Morgan fingerprint density at radius 1 is 1.14 bits per heavy atom. The Balaban J connectivity index is 2.21. The van der Waals surface area contributed by atoms with Crippen LogP contribution in [-0.2, 0) is 6.42 Å². The second-order valence-corrected chi connectivity index (χ2v) is 5.34. The van der Waals surface area contributed by atoms with Crippen molar-refractivity contribution in [3.05, 3.63) is 63.4 Å². The van der Waals surface area contributed by atoms with E-state index in [1.165, 1.54) is 7.11 Å². The molecular formula is C15H12BrF3O2. The first-order chi connectivity index (χ1) is 9.92. The standard InChI is InChI=1S/C15H12BrF3O2/c1-21-14-3-2-8(4-10(14)16)5-13(20)9-6-11(17)15(19)12(18)7-9/h2-4,6-7,13,20H,5H2,1H3. The third-order valence-electron chi connectivity index (χ3n) is 3.04. The summed E-state index contributed by atoms with van der Waals surface area (Å²) in [5.74, 6) is -3.55. The molecule has 2 aromatic carbocycles. The second kappa shape index (κ2) is 6.49. The van der Waals surface area contributed by atoms with Crippen molar-refractivity contribution in [2.45, 2.75) is 12.5 Å². The van der Waals surface area contributed by atoms with E-state index in [1.807, 2.05) is 0 Å². The first kappa shape index (κ1) is 15.9. The van der Waals surface area contributed by atoms with Crippen molar-refractivity contribution in [3.63, 3.8) is 0 Å². The van der Waals surface area contributed by atoms with Gasteiger partial charge in [-0.1, -0.05) is 6.07 Å². The monoisotopic (exact) mass is 360 g/mol. The van der Waals surface area contributed by atoms with Gasteiger partial charge in [0.1, 0.15) is 5.75 Å². The fourth-order valence-corrected chi connectivity index (χ4v) is 2.53. The largest absolute Gasteiger partial charge is 0.496 e. The number of aliphatic hydroxyl groups excluding tert-OH is 1. The highest BCUT2D eigenvalue weighted by molar-refractivity contribution is 9.10. The number of hydrogen-bond acceptors (Lipinski definition) is 2. The number of aliphatic hydroxyl groups is 1. The van der Waals surface area contributed by atoms with Gasteiger partial charge in [0.15, 0.2) is 17.5 Å². The van der Waals surface area contributed by atoms with E-state index in [-0.39, 0.29) is 12.0 Å². The lowest BCUT2D eigenvalue weighted by atomic mass is 10.0. The van der Waals surface area contributed by atoms with Gasteiger partial charge < -0.3 is 9.84 Å². The average Bonchev–Trinajstić information content (AvgIpc) is 2.44. The molecule has 0 fully saturated rings. The van der Waals surface area contributed by atoms with Crippen LogP contribution in [0.3, 0.4) is 0 Å². The Bertz CT molecular complexity index is 638. The van der Waals surface area contributed by atoms with E-state index in [9.17, 15) is 18.3 Å². The molecule has 6 heteroatoms. The van der Waals surface area contributed by atoms with Gasteiger partial charge in [-0.25, -0.2) is 13.2 Å². The zero-order valence-electron chi connectivity index (χ0n) is 11.0. The van der Waals surface area contributed by atoms with Crippen LogP contribution in [0, 0.1) is 17.5 Å². The highest BCUT2D eigenvalue weighted by atomic mass is 79.9. The maximum absolute atomic E-state index is 13.2. The van der Waals surface area contributed by atoms with Crippen LogP contribution >= 0.6 is 15.9 Å². The molecule has 0 amide bonds. The van der Waals surface area contributed by atoms with Crippen LogP contribution in [-0.4, -0.2) is 12.2 Å². The summed E-state index contributed by atoms with van der Waals surface area (Å²) >= 11 is 3.31. The van der Waals surface area contributed by atoms with Crippen LogP contribution in [0.5, 0.6) is 5.75 Å². The van der Waals surface area contributed by atoms with Gasteiger partial charge in [-0.2, -0.15) is 0 Å². The van der Waals surface area contributed by atoms with Crippen LogP contribution in [0.15, 0.2) is 34.8 Å². The zero-order valence-corrected chi connectivity index (χ0v) is 12.6. The van der Waals surface area contributed by atoms with Crippen molar-refractivity contribution in [2.75, 3.05) is 7.11 Å². The Kier molecular flexibility index (Phi) is 4.90. The number of ether oxygens (including phenoxy) is 1. The van der Waals surface area contributed by atoms with E-state index in [2.05, 4.69) is 15.9 Å². The molecule has 21 heavy (non-hydrogen) atoms. The molecule has 1 unspecified atom stereocenters. The predicted molar refractivity (Wildman–Crippen MR) is 75.7 cm³/mol. The molecule has 2 rings (SSSR count). The molecule has 0 saturated carbocycles. The molecule has 0 heterocycles. The molecule has 0 saturated heterocycles. The van der Waals surface area contributed by atoms with E-state index in [1.54, 1.807) is 18.2 Å². The maximum Gasteiger partial charge on any atom is 0.194 e. The first-order valence-electron chi connectivity index (χ1n) is 6.07. The van der Waals surface area contributed by atoms with E-state index >= 15 is 0 Å². The van der Waals surface area contributed by atoms with Crippen molar-refractivity contribution in [1.82, 2.24) is 0 Å². The summed E-state index contributed by atoms with van der Waals surface area (Å²) in [6.45, 7) is 0. The average molecular weight is 361 g/mol. The third kappa shape index (κ3) is 3.57. The highest BCUT2D eigenvalue weighted by Gasteiger charge is 2.16. The van der Waals surface area contributed by atoms with Gasteiger partial charge in [-0.3, -0.25) is 0 Å². The lowest BCUT2D eigenvalue weighted by molar-refractivity contribution is 0.177. The Morgan fingerprint density at radius 3 is 2.29 bits per heavy atom. The van der Waals surface area contributed by atoms with Crippen molar-refractivity contribution < 1.29 is 23.0 Å². The molecular weight excluding hydrogens is 349 g/mol. The van der Waals surface area contributed by atoms with Gasteiger partial charge in [0.05, 0.1) is 17.7 Å². The predicted octanol–water partition coefficient (Wildman–Crippen LogP) is 4.15. The van der Waals surface area contributed by atoms with Crippen LogP contribution in [0.2, 0.25) is 0 Å². The number of benzene rings is 2. The normalized spacial score (nSPS) is 12.3. The van der Waals surface area contributed by atoms with Gasteiger partial charge in [0.2, 0.25) is 0 Å². The maximum atomic E-state index is 13.2. The summed E-state index contributed by atoms with van der Waals surface area (Å²) in [7, 11) is 1.53. The minimum atomic E-state index is -1.54. The molecule has 1 atom stereocenters. The van der Waals surface area contributed by atoms with E-state index < -0.39 is 23.6 Å². The molecule has 0 radical (unpaired) electrons. The minimum absolute atomic E-state index is 0.0154. The van der Waals surface area contributed by atoms with Gasteiger partial charge >= 0.3 is 0 Å². The number of rotatable bonds is 4. The van der Waals surface area contributed by atoms with Gasteiger partial charge in [0.25, 0.3) is 0 Å². The molecule has 1 N–H and O–H groups in total. The van der Waals surface area contributed by atoms with Crippen LogP contribution in [0.1, 0.15) is 17.2 Å².